The van der Waals surface area contributed by atoms with Gasteiger partial charge in [0, 0.05) is 18.8 Å². The van der Waals surface area contributed by atoms with Crippen LogP contribution in [0.15, 0.2) is 42.7 Å². The number of carboxylic acid groups (broad SMARTS) is 1. The first-order chi connectivity index (χ1) is 12.1. The molecule has 0 radical (unpaired) electrons. The number of aryl methyl sites for hydroxylation is 1. The Morgan fingerprint density at radius 3 is 2.76 bits per heavy atom. The van der Waals surface area contributed by atoms with Gasteiger partial charge in [-0.3, -0.25) is 9.78 Å². The van der Waals surface area contributed by atoms with Crippen molar-refractivity contribution >= 4 is 11.9 Å². The van der Waals surface area contributed by atoms with Crippen molar-refractivity contribution in [1.82, 2.24) is 10.3 Å². The molecule has 2 N–H and O–H groups in total. The Labute approximate surface area is 145 Å². The molecular weight excluding hydrogens is 320 g/mol. The number of nitrogens with one attached hydrogen (secondary N) is 1. The third-order valence-electron chi connectivity index (χ3n) is 4.16. The average molecular weight is 340 g/mol. The summed E-state index contributed by atoms with van der Waals surface area (Å²) in [5.74, 6) is -0.487. The summed E-state index contributed by atoms with van der Waals surface area (Å²) < 4.78 is 5.56. The summed E-state index contributed by atoms with van der Waals surface area (Å²) in [6.45, 7) is 0.724. The van der Waals surface area contributed by atoms with E-state index in [-0.39, 0.29) is 18.7 Å². The van der Waals surface area contributed by atoms with Gasteiger partial charge in [0.05, 0.1) is 13.0 Å². The number of fused-ring (bicyclic) bond motifs is 1. The lowest BCUT2D eigenvalue weighted by Gasteiger charge is -2.18. The number of nitrogens with zero attached hydrogens (tertiary/aromatic N) is 1. The smallest absolute Gasteiger partial charge is 0.326 e. The van der Waals surface area contributed by atoms with Crippen LogP contribution in [0.5, 0.6) is 5.75 Å². The normalized spacial score (nSPS) is 14.1. The molecule has 1 atom stereocenters. The molecule has 25 heavy (non-hydrogen) atoms. The molecular formula is C19H20N2O4. The van der Waals surface area contributed by atoms with Gasteiger partial charge in [0.2, 0.25) is 5.91 Å². The van der Waals surface area contributed by atoms with E-state index in [1.807, 2.05) is 18.2 Å². The van der Waals surface area contributed by atoms with E-state index in [1.54, 1.807) is 24.5 Å². The predicted octanol–water partition coefficient (Wildman–Crippen LogP) is 1.76. The third kappa shape index (κ3) is 4.56. The summed E-state index contributed by atoms with van der Waals surface area (Å²) in [5, 5.41) is 12.0. The molecule has 3 rings (SSSR count). The molecule has 1 amide bonds. The number of amides is 1. The van der Waals surface area contributed by atoms with Gasteiger partial charge in [-0.25, -0.2) is 4.79 Å². The molecule has 1 aromatic carbocycles. The maximum atomic E-state index is 12.3. The van der Waals surface area contributed by atoms with Crippen LogP contribution in [0.4, 0.5) is 0 Å². The summed E-state index contributed by atoms with van der Waals surface area (Å²) in [6.07, 6.45) is 5.48. The van der Waals surface area contributed by atoms with Crippen LogP contribution in [-0.2, 0) is 28.9 Å². The van der Waals surface area contributed by atoms with E-state index in [0.29, 0.717) is 0 Å². The van der Waals surface area contributed by atoms with Gasteiger partial charge < -0.3 is 15.2 Å². The lowest BCUT2D eigenvalue weighted by atomic mass is 10.0. The average Bonchev–Trinajstić information content (AvgIpc) is 2.62. The first-order valence-electron chi connectivity index (χ1n) is 8.27. The summed E-state index contributed by atoms with van der Waals surface area (Å²) in [5.41, 5.74) is 2.77. The fraction of sp³-hybridized carbons (Fsp3) is 0.316. The highest BCUT2D eigenvalue weighted by molar-refractivity contribution is 5.85. The SMILES string of the molecule is O=C(Cc1ccc2c(c1)CCCO2)NC(Cc1ccncc1)C(=O)O. The lowest BCUT2D eigenvalue weighted by molar-refractivity contribution is -0.141. The van der Waals surface area contributed by atoms with Crippen LogP contribution in [0.3, 0.4) is 0 Å². The largest absolute Gasteiger partial charge is 0.493 e. The number of benzene rings is 1. The minimum atomic E-state index is -1.05. The molecule has 0 spiro atoms. The van der Waals surface area contributed by atoms with E-state index in [1.165, 1.54) is 0 Å². The van der Waals surface area contributed by atoms with Gasteiger partial charge in [-0.2, -0.15) is 0 Å². The Morgan fingerprint density at radius 2 is 2.00 bits per heavy atom. The number of aromatic nitrogens is 1. The highest BCUT2D eigenvalue weighted by atomic mass is 16.5. The maximum absolute atomic E-state index is 12.3. The number of hydrogen-bond donors (Lipinski definition) is 2. The Hall–Kier alpha value is -2.89. The monoisotopic (exact) mass is 340 g/mol. The molecule has 130 valence electrons. The molecule has 0 saturated carbocycles. The van der Waals surface area contributed by atoms with Gasteiger partial charge in [0.15, 0.2) is 0 Å². The van der Waals surface area contributed by atoms with Crippen molar-refractivity contribution in [1.29, 1.82) is 0 Å². The first kappa shape index (κ1) is 17.0. The molecule has 0 saturated heterocycles. The number of pyridine rings is 1. The zero-order valence-corrected chi connectivity index (χ0v) is 13.8. The van der Waals surface area contributed by atoms with Crippen molar-refractivity contribution in [3.8, 4) is 5.75 Å². The van der Waals surface area contributed by atoms with Crippen LogP contribution in [0.25, 0.3) is 0 Å². The number of carbonyl (C=O) groups is 2. The number of ether oxygens (including phenoxy) is 1. The Morgan fingerprint density at radius 1 is 1.20 bits per heavy atom. The molecule has 1 aliphatic rings. The quantitative estimate of drug-likeness (QED) is 0.836. The van der Waals surface area contributed by atoms with E-state index >= 15 is 0 Å². The van der Waals surface area contributed by atoms with Gasteiger partial charge >= 0.3 is 5.97 Å². The van der Waals surface area contributed by atoms with Crippen LogP contribution < -0.4 is 10.1 Å². The van der Waals surface area contributed by atoms with E-state index in [9.17, 15) is 14.7 Å². The summed E-state index contributed by atoms with van der Waals surface area (Å²) in [6, 6.07) is 8.21. The van der Waals surface area contributed by atoms with Crippen molar-refractivity contribution in [3.05, 3.63) is 59.4 Å². The van der Waals surface area contributed by atoms with Gasteiger partial charge in [0.1, 0.15) is 11.8 Å². The van der Waals surface area contributed by atoms with Crippen molar-refractivity contribution in [3.63, 3.8) is 0 Å². The molecule has 0 aliphatic carbocycles. The third-order valence-corrected chi connectivity index (χ3v) is 4.16. The number of aliphatic carboxylic acids is 1. The van der Waals surface area contributed by atoms with Gasteiger partial charge in [-0.05, 0) is 47.7 Å². The minimum Gasteiger partial charge on any atom is -0.493 e. The van der Waals surface area contributed by atoms with Gasteiger partial charge in [0.25, 0.3) is 0 Å². The molecule has 0 bridgehead atoms. The van der Waals surface area contributed by atoms with Crippen molar-refractivity contribution in [2.24, 2.45) is 0 Å². The molecule has 2 heterocycles. The molecule has 0 fully saturated rings. The fourth-order valence-corrected chi connectivity index (χ4v) is 2.91. The van der Waals surface area contributed by atoms with E-state index in [0.717, 1.165) is 41.9 Å². The van der Waals surface area contributed by atoms with Gasteiger partial charge in [-0.15, -0.1) is 0 Å². The fourth-order valence-electron chi connectivity index (χ4n) is 2.91. The Balaban J connectivity index is 1.62. The molecule has 6 heteroatoms. The van der Waals surface area contributed by atoms with Crippen LogP contribution in [-0.4, -0.2) is 34.6 Å². The van der Waals surface area contributed by atoms with Crippen LogP contribution in [0.2, 0.25) is 0 Å². The van der Waals surface area contributed by atoms with Crippen LogP contribution >= 0.6 is 0 Å². The van der Waals surface area contributed by atoms with Crippen LogP contribution in [0, 0.1) is 0 Å². The van der Waals surface area contributed by atoms with E-state index in [4.69, 9.17) is 4.74 Å². The zero-order valence-electron chi connectivity index (χ0n) is 13.8. The highest BCUT2D eigenvalue weighted by Gasteiger charge is 2.21. The molecule has 1 aliphatic heterocycles. The standard InChI is InChI=1S/C19H20N2O4/c22-18(12-14-3-4-17-15(10-14)2-1-9-25-17)21-16(19(23)24)11-13-5-7-20-8-6-13/h3-8,10,16H,1-2,9,11-12H2,(H,21,22)(H,23,24). The highest BCUT2D eigenvalue weighted by Crippen LogP contribution is 2.25. The molecule has 2 aromatic rings. The van der Waals surface area contributed by atoms with Crippen LogP contribution in [0.1, 0.15) is 23.1 Å². The lowest BCUT2D eigenvalue weighted by Crippen LogP contribution is -2.43. The second-order valence-electron chi connectivity index (χ2n) is 6.09. The predicted molar refractivity (Wildman–Crippen MR) is 91.5 cm³/mol. The van der Waals surface area contributed by atoms with Crippen molar-refractivity contribution in [2.45, 2.75) is 31.7 Å². The Kier molecular flexibility index (Phi) is 5.28. The number of hydrogen-bond acceptors (Lipinski definition) is 4. The molecule has 1 aromatic heterocycles. The molecule has 1 unspecified atom stereocenters. The number of carbonyl (C=O) groups excluding carboxylic acids is 1. The minimum absolute atomic E-state index is 0.146. The molecule has 6 nitrogen and oxygen atoms in total. The second kappa shape index (κ2) is 7.79. The second-order valence-corrected chi connectivity index (χ2v) is 6.09. The Bertz CT molecular complexity index is 761. The first-order valence-corrected chi connectivity index (χ1v) is 8.27. The van der Waals surface area contributed by atoms with E-state index < -0.39 is 12.0 Å². The maximum Gasteiger partial charge on any atom is 0.326 e. The van der Waals surface area contributed by atoms with Gasteiger partial charge in [-0.1, -0.05) is 12.1 Å². The summed E-state index contributed by atoms with van der Waals surface area (Å²) >= 11 is 0. The van der Waals surface area contributed by atoms with E-state index in [2.05, 4.69) is 10.3 Å². The van der Waals surface area contributed by atoms with Crippen molar-refractivity contribution in [2.75, 3.05) is 6.61 Å². The topological polar surface area (TPSA) is 88.5 Å². The summed E-state index contributed by atoms with van der Waals surface area (Å²) in [4.78, 5) is 27.6. The zero-order chi connectivity index (χ0) is 17.6. The number of rotatable bonds is 6. The summed E-state index contributed by atoms with van der Waals surface area (Å²) in [7, 11) is 0. The number of carboxylic acids is 1. The van der Waals surface area contributed by atoms with Crippen molar-refractivity contribution < 1.29 is 19.4 Å².